The molecule has 4 N–H and O–H groups in total. The van der Waals surface area contributed by atoms with E-state index in [1.54, 1.807) is 6.92 Å². The molecule has 0 heterocycles. The summed E-state index contributed by atoms with van der Waals surface area (Å²) < 4.78 is 0. The molecule has 0 saturated heterocycles. The van der Waals surface area contributed by atoms with E-state index in [-0.39, 0.29) is 43.8 Å². The van der Waals surface area contributed by atoms with Crippen molar-refractivity contribution in [2.45, 2.75) is 39.7 Å². The zero-order valence-electron chi connectivity index (χ0n) is 11.7. The summed E-state index contributed by atoms with van der Waals surface area (Å²) in [7, 11) is 0. The number of rotatable bonds is 8. The van der Waals surface area contributed by atoms with Gasteiger partial charge in [-0.05, 0) is 19.8 Å². The number of carbonyl (C=O) groups excluding carboxylic acids is 2. The van der Waals surface area contributed by atoms with Gasteiger partial charge in [-0.2, -0.15) is 0 Å². The van der Waals surface area contributed by atoms with E-state index in [9.17, 15) is 14.4 Å². The molecule has 0 aromatic rings. The quantitative estimate of drug-likeness (QED) is 0.510. The second-order valence-corrected chi connectivity index (χ2v) is 4.81. The molecule has 0 aliphatic rings. The first-order chi connectivity index (χ1) is 8.81. The molecule has 110 valence electrons. The Morgan fingerprint density at radius 1 is 1.11 bits per heavy atom. The Morgan fingerprint density at radius 3 is 2.26 bits per heavy atom. The monoisotopic (exact) mass is 273 g/mol. The van der Waals surface area contributed by atoms with Gasteiger partial charge in [0.1, 0.15) is 0 Å². The van der Waals surface area contributed by atoms with E-state index in [2.05, 4.69) is 16.0 Å². The van der Waals surface area contributed by atoms with Crippen molar-refractivity contribution in [2.24, 2.45) is 5.92 Å². The smallest absolute Gasteiger partial charge is 0.314 e. The van der Waals surface area contributed by atoms with Gasteiger partial charge in [0.25, 0.3) is 0 Å². The first-order valence-corrected chi connectivity index (χ1v) is 6.34. The summed E-state index contributed by atoms with van der Waals surface area (Å²) >= 11 is 0. The van der Waals surface area contributed by atoms with E-state index in [1.807, 2.05) is 13.8 Å². The lowest BCUT2D eigenvalue weighted by Crippen LogP contribution is -2.40. The molecule has 7 heteroatoms. The van der Waals surface area contributed by atoms with Crippen LogP contribution in [0.3, 0.4) is 0 Å². The van der Waals surface area contributed by atoms with Crippen LogP contribution in [-0.4, -0.2) is 42.1 Å². The molecule has 0 saturated carbocycles. The standard InChI is InChI=1S/C12H23N3O4/c1-8(2)15-10(16)4-5-13-12(19)14-7-9(3)6-11(17)18/h8-9H,4-7H2,1-3H3,(H,15,16)(H,17,18)(H2,13,14,19). The number of hydrogen-bond donors (Lipinski definition) is 4. The molecule has 19 heavy (non-hydrogen) atoms. The summed E-state index contributed by atoms with van der Waals surface area (Å²) in [6.07, 6.45) is 0.230. The van der Waals surface area contributed by atoms with Crippen molar-refractivity contribution in [2.75, 3.05) is 13.1 Å². The van der Waals surface area contributed by atoms with E-state index in [0.717, 1.165) is 0 Å². The summed E-state index contributed by atoms with van der Waals surface area (Å²) in [5.41, 5.74) is 0. The second kappa shape index (κ2) is 9.18. The van der Waals surface area contributed by atoms with E-state index in [1.165, 1.54) is 0 Å². The minimum absolute atomic E-state index is 0.0110. The number of hydrogen-bond acceptors (Lipinski definition) is 3. The van der Waals surface area contributed by atoms with Gasteiger partial charge >= 0.3 is 12.0 Å². The first-order valence-electron chi connectivity index (χ1n) is 6.34. The number of carboxylic acid groups (broad SMARTS) is 1. The Bertz CT molecular complexity index is 318. The summed E-state index contributed by atoms with van der Waals surface area (Å²) in [6, 6.07) is -0.312. The maximum atomic E-state index is 11.3. The molecule has 7 nitrogen and oxygen atoms in total. The highest BCUT2D eigenvalue weighted by Crippen LogP contribution is 1.98. The number of carboxylic acids is 1. The highest BCUT2D eigenvalue weighted by atomic mass is 16.4. The van der Waals surface area contributed by atoms with Crippen LogP contribution in [0.5, 0.6) is 0 Å². The third-order valence-corrected chi connectivity index (χ3v) is 2.22. The van der Waals surface area contributed by atoms with Crippen molar-refractivity contribution >= 4 is 17.9 Å². The van der Waals surface area contributed by atoms with Crippen LogP contribution in [0.15, 0.2) is 0 Å². The molecular weight excluding hydrogens is 250 g/mol. The van der Waals surface area contributed by atoms with Crippen molar-refractivity contribution in [1.29, 1.82) is 0 Å². The van der Waals surface area contributed by atoms with Crippen LogP contribution in [0.1, 0.15) is 33.6 Å². The highest BCUT2D eigenvalue weighted by Gasteiger charge is 2.09. The number of amides is 3. The van der Waals surface area contributed by atoms with Gasteiger partial charge in [-0.3, -0.25) is 9.59 Å². The van der Waals surface area contributed by atoms with Gasteiger partial charge in [-0.25, -0.2) is 4.79 Å². The molecule has 0 rings (SSSR count). The predicted molar refractivity (Wildman–Crippen MR) is 70.7 cm³/mol. The van der Waals surface area contributed by atoms with Crippen LogP contribution in [0.25, 0.3) is 0 Å². The summed E-state index contributed by atoms with van der Waals surface area (Å²) in [5, 5.41) is 16.4. The molecule has 0 aliphatic carbocycles. The zero-order chi connectivity index (χ0) is 14.8. The van der Waals surface area contributed by atoms with E-state index < -0.39 is 12.0 Å². The Kier molecular flexibility index (Phi) is 8.32. The third-order valence-electron chi connectivity index (χ3n) is 2.22. The number of carbonyl (C=O) groups is 3. The van der Waals surface area contributed by atoms with Gasteiger partial charge in [-0.1, -0.05) is 6.92 Å². The topological polar surface area (TPSA) is 108 Å². The first kappa shape index (κ1) is 17.2. The summed E-state index contributed by atoms with van der Waals surface area (Å²) in [6.45, 7) is 6.00. The van der Waals surface area contributed by atoms with E-state index in [4.69, 9.17) is 5.11 Å². The van der Waals surface area contributed by atoms with Gasteiger partial charge in [0.15, 0.2) is 0 Å². The van der Waals surface area contributed by atoms with Crippen molar-refractivity contribution in [3.63, 3.8) is 0 Å². The fraction of sp³-hybridized carbons (Fsp3) is 0.750. The summed E-state index contributed by atoms with van der Waals surface area (Å²) in [4.78, 5) is 33.0. The van der Waals surface area contributed by atoms with E-state index in [0.29, 0.717) is 0 Å². The molecular formula is C12H23N3O4. The molecule has 0 aliphatic heterocycles. The fourth-order valence-corrected chi connectivity index (χ4v) is 1.38. The normalized spacial score (nSPS) is 11.8. The van der Waals surface area contributed by atoms with Gasteiger partial charge in [0.2, 0.25) is 5.91 Å². The lowest BCUT2D eigenvalue weighted by atomic mass is 10.1. The Labute approximate surface area is 113 Å². The average molecular weight is 273 g/mol. The lowest BCUT2D eigenvalue weighted by molar-refractivity contribution is -0.137. The molecule has 0 spiro atoms. The highest BCUT2D eigenvalue weighted by molar-refractivity contribution is 5.78. The van der Waals surface area contributed by atoms with Crippen molar-refractivity contribution in [1.82, 2.24) is 16.0 Å². The maximum Gasteiger partial charge on any atom is 0.314 e. The Balaban J connectivity index is 3.65. The van der Waals surface area contributed by atoms with Crippen molar-refractivity contribution in [3.05, 3.63) is 0 Å². The van der Waals surface area contributed by atoms with Gasteiger partial charge < -0.3 is 21.1 Å². The third kappa shape index (κ3) is 11.1. The molecule has 0 fully saturated rings. The molecule has 1 unspecified atom stereocenters. The number of urea groups is 1. The molecule has 1 atom stereocenters. The average Bonchev–Trinajstić information content (AvgIpc) is 2.24. The minimum Gasteiger partial charge on any atom is -0.481 e. The van der Waals surface area contributed by atoms with Crippen LogP contribution >= 0.6 is 0 Å². The van der Waals surface area contributed by atoms with E-state index >= 15 is 0 Å². The molecule has 0 aromatic carbocycles. The van der Waals surface area contributed by atoms with Crippen LogP contribution in [-0.2, 0) is 9.59 Å². The van der Waals surface area contributed by atoms with Crippen LogP contribution in [0, 0.1) is 5.92 Å². The predicted octanol–water partition coefficient (Wildman–Crippen LogP) is 0.311. The van der Waals surface area contributed by atoms with Crippen molar-refractivity contribution in [3.8, 4) is 0 Å². The molecule has 0 aromatic heterocycles. The Morgan fingerprint density at radius 2 is 1.74 bits per heavy atom. The fourth-order valence-electron chi connectivity index (χ4n) is 1.38. The van der Waals surface area contributed by atoms with Crippen molar-refractivity contribution < 1.29 is 19.5 Å². The second-order valence-electron chi connectivity index (χ2n) is 4.81. The maximum absolute atomic E-state index is 11.3. The largest absolute Gasteiger partial charge is 0.481 e. The van der Waals surface area contributed by atoms with Gasteiger partial charge in [-0.15, -0.1) is 0 Å². The van der Waals surface area contributed by atoms with Crippen LogP contribution in [0.4, 0.5) is 4.79 Å². The minimum atomic E-state index is -0.889. The number of nitrogens with one attached hydrogen (secondary N) is 3. The van der Waals surface area contributed by atoms with Crippen LogP contribution < -0.4 is 16.0 Å². The SMILES string of the molecule is CC(CNC(=O)NCCC(=O)NC(C)C)CC(=O)O. The Hall–Kier alpha value is -1.79. The molecule has 3 amide bonds. The van der Waals surface area contributed by atoms with Crippen LogP contribution in [0.2, 0.25) is 0 Å². The number of aliphatic carboxylic acids is 1. The molecule has 0 radical (unpaired) electrons. The van der Waals surface area contributed by atoms with Gasteiger partial charge in [0, 0.05) is 32.0 Å². The molecule has 0 bridgehead atoms. The lowest BCUT2D eigenvalue weighted by Gasteiger charge is -2.12. The summed E-state index contributed by atoms with van der Waals surface area (Å²) in [5.74, 6) is -1.14. The zero-order valence-corrected chi connectivity index (χ0v) is 11.7. The van der Waals surface area contributed by atoms with Gasteiger partial charge in [0.05, 0.1) is 0 Å².